The van der Waals surface area contributed by atoms with Gasteiger partial charge in [0, 0.05) is 27.2 Å². The van der Waals surface area contributed by atoms with Crippen LogP contribution in [0.4, 0.5) is 0 Å². The van der Waals surface area contributed by atoms with Crippen LogP contribution >= 0.6 is 0 Å². The summed E-state index contributed by atoms with van der Waals surface area (Å²) in [6.45, 7) is 2.52. The number of amides is 2. The fraction of sp³-hybridized carbons (Fsp3) is 0.600. The molecule has 2 fully saturated rings. The van der Waals surface area contributed by atoms with Crippen molar-refractivity contribution < 1.29 is 9.59 Å². The highest BCUT2D eigenvalue weighted by molar-refractivity contribution is 5.91. The number of carbonyl (C=O) groups is 2. The van der Waals surface area contributed by atoms with E-state index in [1.54, 1.807) is 4.90 Å². The Morgan fingerprint density at radius 3 is 2.60 bits per heavy atom. The van der Waals surface area contributed by atoms with Gasteiger partial charge in [-0.15, -0.1) is 0 Å². The van der Waals surface area contributed by atoms with Crippen molar-refractivity contribution in [2.75, 3.05) is 33.7 Å². The lowest BCUT2D eigenvalue weighted by atomic mass is 9.95. The minimum Gasteiger partial charge on any atom is -0.355 e. The Morgan fingerprint density at radius 1 is 1.24 bits per heavy atom. The molecule has 1 heterocycles. The van der Waals surface area contributed by atoms with Crippen LogP contribution in [0.15, 0.2) is 30.3 Å². The third kappa shape index (κ3) is 3.87. The van der Waals surface area contributed by atoms with Crippen molar-refractivity contribution in [2.45, 2.75) is 43.6 Å². The smallest absolute Gasteiger partial charge is 0.239 e. The number of likely N-dealkylation sites (N-methyl/N-ethyl adjacent to an activating group) is 1. The van der Waals surface area contributed by atoms with Crippen LogP contribution in [0.25, 0.3) is 0 Å². The number of nitrogens with one attached hydrogen (secondary N) is 1. The minimum absolute atomic E-state index is 0.0183. The average molecular weight is 343 g/mol. The van der Waals surface area contributed by atoms with Gasteiger partial charge in [0.1, 0.15) is 0 Å². The summed E-state index contributed by atoms with van der Waals surface area (Å²) in [5, 5.41) is 3.11. The highest BCUT2D eigenvalue weighted by Crippen LogP contribution is 2.48. The summed E-state index contributed by atoms with van der Waals surface area (Å²) < 4.78 is 0. The number of nitrogens with zero attached hydrogens (tertiary/aromatic N) is 2. The van der Waals surface area contributed by atoms with Gasteiger partial charge in [0.15, 0.2) is 0 Å². The number of rotatable bonds is 7. The molecule has 1 aromatic carbocycles. The molecule has 1 aliphatic carbocycles. The normalized spacial score (nSPS) is 21.8. The van der Waals surface area contributed by atoms with E-state index >= 15 is 0 Å². The lowest BCUT2D eigenvalue weighted by molar-refractivity contribution is -0.133. The second kappa shape index (κ2) is 7.56. The number of hydrogen-bond donors (Lipinski definition) is 1. The first-order valence-corrected chi connectivity index (χ1v) is 9.34. The van der Waals surface area contributed by atoms with E-state index in [0.717, 1.165) is 50.8 Å². The van der Waals surface area contributed by atoms with E-state index in [0.29, 0.717) is 6.54 Å². The van der Waals surface area contributed by atoms with Crippen molar-refractivity contribution in [1.29, 1.82) is 0 Å². The molecule has 1 atom stereocenters. The van der Waals surface area contributed by atoms with E-state index in [4.69, 9.17) is 0 Å². The van der Waals surface area contributed by atoms with Gasteiger partial charge < -0.3 is 10.2 Å². The Kier molecular flexibility index (Phi) is 5.42. The zero-order chi connectivity index (χ0) is 17.9. The summed E-state index contributed by atoms with van der Waals surface area (Å²) in [6.07, 6.45) is 4.78. The van der Waals surface area contributed by atoms with Gasteiger partial charge in [0.05, 0.1) is 11.5 Å². The van der Waals surface area contributed by atoms with Gasteiger partial charge in [0.2, 0.25) is 11.8 Å². The zero-order valence-electron chi connectivity index (χ0n) is 15.3. The molecule has 5 heteroatoms. The molecular weight excluding hydrogens is 314 g/mol. The molecule has 3 rings (SSSR count). The topological polar surface area (TPSA) is 52.7 Å². The monoisotopic (exact) mass is 343 g/mol. The van der Waals surface area contributed by atoms with Gasteiger partial charge >= 0.3 is 0 Å². The van der Waals surface area contributed by atoms with Crippen molar-refractivity contribution in [3.05, 3.63) is 35.9 Å². The van der Waals surface area contributed by atoms with Crippen molar-refractivity contribution in [3.8, 4) is 0 Å². The third-order valence-corrected chi connectivity index (χ3v) is 5.51. The molecule has 0 spiro atoms. The Morgan fingerprint density at radius 2 is 1.96 bits per heavy atom. The first kappa shape index (κ1) is 17.9. The molecule has 136 valence electrons. The predicted molar refractivity (Wildman–Crippen MR) is 98.3 cm³/mol. The van der Waals surface area contributed by atoms with E-state index in [1.165, 1.54) is 0 Å². The van der Waals surface area contributed by atoms with Gasteiger partial charge in [-0.3, -0.25) is 14.5 Å². The fourth-order valence-electron chi connectivity index (χ4n) is 3.85. The molecule has 1 aliphatic heterocycles. The number of likely N-dealkylation sites (tertiary alicyclic amines) is 1. The SMILES string of the molecule is CN(C)C(=O)C1CCCN1CCCNC(=O)C1(c2ccccc2)CC1. The largest absolute Gasteiger partial charge is 0.355 e. The van der Waals surface area contributed by atoms with Crippen molar-refractivity contribution in [2.24, 2.45) is 0 Å². The fourth-order valence-corrected chi connectivity index (χ4v) is 3.85. The van der Waals surface area contributed by atoms with Crippen LogP contribution in [0.5, 0.6) is 0 Å². The van der Waals surface area contributed by atoms with E-state index in [-0.39, 0.29) is 23.3 Å². The molecule has 2 aliphatic rings. The Balaban J connectivity index is 1.44. The molecule has 0 bridgehead atoms. The Hall–Kier alpha value is -1.88. The number of benzene rings is 1. The molecule has 5 nitrogen and oxygen atoms in total. The van der Waals surface area contributed by atoms with E-state index in [2.05, 4.69) is 10.2 Å². The lowest BCUT2D eigenvalue weighted by Crippen LogP contribution is -2.43. The van der Waals surface area contributed by atoms with Crippen LogP contribution in [0.2, 0.25) is 0 Å². The molecule has 0 aromatic heterocycles. The van der Waals surface area contributed by atoms with Gasteiger partial charge in [0.25, 0.3) is 0 Å². The summed E-state index contributed by atoms with van der Waals surface area (Å²) in [7, 11) is 3.63. The van der Waals surface area contributed by atoms with Crippen molar-refractivity contribution in [3.63, 3.8) is 0 Å². The Bertz CT molecular complexity index is 611. The van der Waals surface area contributed by atoms with Crippen LogP contribution < -0.4 is 5.32 Å². The second-order valence-corrected chi connectivity index (χ2v) is 7.48. The average Bonchev–Trinajstić information content (AvgIpc) is 3.31. The van der Waals surface area contributed by atoms with E-state index in [9.17, 15) is 9.59 Å². The molecule has 2 amide bonds. The first-order valence-electron chi connectivity index (χ1n) is 9.34. The summed E-state index contributed by atoms with van der Waals surface area (Å²) in [5.41, 5.74) is 0.835. The molecule has 1 N–H and O–H groups in total. The van der Waals surface area contributed by atoms with E-state index < -0.39 is 0 Å². The maximum atomic E-state index is 12.6. The standard InChI is InChI=1S/C20H29N3O2/c1-22(2)18(24)17-10-6-14-23(17)15-7-13-21-19(25)20(11-12-20)16-8-4-3-5-9-16/h3-5,8-9,17H,6-7,10-15H2,1-2H3,(H,21,25). The molecule has 1 saturated carbocycles. The summed E-state index contributed by atoms with van der Waals surface area (Å²) in [5.74, 6) is 0.351. The number of carbonyl (C=O) groups excluding carboxylic acids is 2. The van der Waals surface area contributed by atoms with Gasteiger partial charge in [-0.2, -0.15) is 0 Å². The van der Waals surface area contributed by atoms with Gasteiger partial charge in [-0.25, -0.2) is 0 Å². The van der Waals surface area contributed by atoms with Crippen LogP contribution in [0.3, 0.4) is 0 Å². The predicted octanol–water partition coefficient (Wildman–Crippen LogP) is 1.78. The molecule has 1 saturated heterocycles. The summed E-state index contributed by atoms with van der Waals surface area (Å²) in [6, 6.07) is 10.1. The first-order chi connectivity index (χ1) is 12.0. The summed E-state index contributed by atoms with van der Waals surface area (Å²) in [4.78, 5) is 28.8. The van der Waals surface area contributed by atoms with Gasteiger partial charge in [-0.05, 0) is 44.2 Å². The van der Waals surface area contributed by atoms with Crippen molar-refractivity contribution >= 4 is 11.8 Å². The van der Waals surface area contributed by atoms with Crippen LogP contribution in [0, 0.1) is 0 Å². The highest BCUT2D eigenvalue weighted by atomic mass is 16.2. The molecule has 0 radical (unpaired) electrons. The zero-order valence-corrected chi connectivity index (χ0v) is 15.3. The molecule has 1 aromatic rings. The van der Waals surface area contributed by atoms with Crippen LogP contribution in [-0.2, 0) is 15.0 Å². The van der Waals surface area contributed by atoms with Gasteiger partial charge in [-0.1, -0.05) is 30.3 Å². The van der Waals surface area contributed by atoms with Crippen LogP contribution in [-0.4, -0.2) is 61.4 Å². The van der Waals surface area contributed by atoms with Crippen LogP contribution in [0.1, 0.15) is 37.7 Å². The quantitative estimate of drug-likeness (QED) is 0.768. The maximum absolute atomic E-state index is 12.6. The Labute approximate surface area is 150 Å². The highest BCUT2D eigenvalue weighted by Gasteiger charge is 2.50. The lowest BCUT2D eigenvalue weighted by Gasteiger charge is -2.26. The number of hydrogen-bond acceptors (Lipinski definition) is 3. The third-order valence-electron chi connectivity index (χ3n) is 5.51. The molecular formula is C20H29N3O2. The second-order valence-electron chi connectivity index (χ2n) is 7.48. The molecule has 1 unspecified atom stereocenters. The van der Waals surface area contributed by atoms with Crippen molar-refractivity contribution in [1.82, 2.24) is 15.1 Å². The maximum Gasteiger partial charge on any atom is 0.239 e. The van der Waals surface area contributed by atoms with E-state index in [1.807, 2.05) is 44.4 Å². The summed E-state index contributed by atoms with van der Waals surface area (Å²) >= 11 is 0. The minimum atomic E-state index is -0.293. The molecule has 25 heavy (non-hydrogen) atoms.